The zero-order valence-electron chi connectivity index (χ0n) is 64.1. The number of carbonyl (C=O) groups excluding carboxylic acids is 4. The third-order valence-corrected chi connectivity index (χ3v) is 20.0. The Morgan fingerprint density at radius 2 is 0.351 bits per heavy atom. The van der Waals surface area contributed by atoms with Crippen LogP contribution in [0, 0.1) is 0 Å². The van der Waals surface area contributed by atoms with E-state index in [2.05, 4.69) is 64.1 Å². The Kier molecular flexibility index (Phi) is 77.8. The second-order valence-electron chi connectivity index (χ2n) is 29.3. The summed E-state index contributed by atoms with van der Waals surface area (Å²) in [7, 11) is 0. The van der Waals surface area contributed by atoms with Gasteiger partial charge < -0.3 is 36.4 Å². The van der Waals surface area contributed by atoms with Crippen molar-refractivity contribution in [3.05, 3.63) is 0 Å². The first kappa shape index (κ1) is 91.8. The summed E-state index contributed by atoms with van der Waals surface area (Å²) in [5.41, 5.74) is 0. The monoisotopic (exact) mass is 1330 g/mol. The lowest BCUT2D eigenvalue weighted by Crippen LogP contribution is -2.38. The molecule has 94 heavy (non-hydrogen) atoms. The van der Waals surface area contributed by atoms with Gasteiger partial charge in [0.25, 0.3) is 0 Å². The maximum absolute atomic E-state index is 13.1. The van der Waals surface area contributed by atoms with Gasteiger partial charge in [0.15, 0.2) is 0 Å². The van der Waals surface area contributed by atoms with E-state index < -0.39 is 0 Å². The molecule has 0 aromatic heterocycles. The highest BCUT2D eigenvalue weighted by Crippen LogP contribution is 2.18. The molecule has 0 rings (SSSR count). The summed E-state index contributed by atoms with van der Waals surface area (Å²) in [4.78, 5) is 56.9. The average Bonchev–Trinajstić information content (AvgIpc) is 3.64. The molecule has 4 amide bonds. The average molecular weight is 1330 g/mol. The largest absolute Gasteiger partial charge is 0.356 e. The van der Waals surface area contributed by atoms with Crippen molar-refractivity contribution in [2.24, 2.45) is 0 Å². The number of hydrogen-bond acceptors (Lipinski definition) is 7. The fraction of sp³-hybridized carbons (Fsp3) is 0.952. The van der Waals surface area contributed by atoms with E-state index in [0.717, 1.165) is 97.3 Å². The topological polar surface area (TPSA) is 135 Å². The van der Waals surface area contributed by atoms with Gasteiger partial charge >= 0.3 is 0 Å². The van der Waals surface area contributed by atoms with Gasteiger partial charge in [0.05, 0.1) is 0 Å². The molecule has 0 atom stereocenters. The van der Waals surface area contributed by atoms with Crippen LogP contribution in [0.2, 0.25) is 0 Å². The Morgan fingerprint density at radius 1 is 0.181 bits per heavy atom. The molecule has 0 saturated heterocycles. The number of nitrogens with zero attached hydrogens (tertiary/aromatic N) is 2. The number of amides is 4. The first-order chi connectivity index (χ1) is 46.4. The minimum absolute atomic E-state index is 0.116. The highest BCUT2D eigenvalue weighted by Gasteiger charge is 2.14. The summed E-state index contributed by atoms with van der Waals surface area (Å²) in [5.74, 6) is 0.486. The van der Waals surface area contributed by atoms with Crippen LogP contribution in [-0.4, -0.2) is 112 Å². The second-order valence-corrected chi connectivity index (χ2v) is 29.3. The van der Waals surface area contributed by atoms with E-state index in [4.69, 9.17) is 0 Å². The van der Waals surface area contributed by atoms with Gasteiger partial charge in [0.2, 0.25) is 23.6 Å². The Labute approximate surface area is 587 Å². The van der Waals surface area contributed by atoms with Gasteiger partial charge in [0.1, 0.15) is 0 Å². The molecule has 0 aromatic carbocycles. The van der Waals surface area contributed by atoms with Crippen LogP contribution in [0.5, 0.6) is 0 Å². The fourth-order valence-corrected chi connectivity index (χ4v) is 13.4. The molecule has 11 heteroatoms. The molecule has 0 heterocycles. The summed E-state index contributed by atoms with van der Waals surface area (Å²) >= 11 is 0. The van der Waals surface area contributed by atoms with E-state index in [1.54, 1.807) is 0 Å². The normalized spacial score (nSPS) is 11.6. The van der Waals surface area contributed by atoms with Crippen molar-refractivity contribution in [3.63, 3.8) is 0 Å². The van der Waals surface area contributed by atoms with E-state index in [0.29, 0.717) is 51.9 Å². The molecule has 558 valence electrons. The maximum atomic E-state index is 13.1. The van der Waals surface area contributed by atoms with E-state index in [-0.39, 0.29) is 23.6 Å². The van der Waals surface area contributed by atoms with Crippen molar-refractivity contribution in [1.29, 1.82) is 0 Å². The Morgan fingerprint density at radius 3 is 0.564 bits per heavy atom. The van der Waals surface area contributed by atoms with Crippen LogP contribution in [0.25, 0.3) is 0 Å². The third kappa shape index (κ3) is 75.5. The number of unbranched alkanes of at least 4 members (excludes halogenated alkanes) is 54. The molecule has 0 aliphatic rings. The second kappa shape index (κ2) is 79.7. The van der Waals surface area contributed by atoms with E-state index in [1.165, 1.54) is 334 Å². The van der Waals surface area contributed by atoms with Gasteiger partial charge in [-0.1, -0.05) is 368 Å². The van der Waals surface area contributed by atoms with E-state index in [9.17, 15) is 19.2 Å². The van der Waals surface area contributed by atoms with Gasteiger partial charge in [-0.15, -0.1) is 0 Å². The zero-order chi connectivity index (χ0) is 68.0. The van der Waals surface area contributed by atoms with E-state index in [1.807, 2.05) is 0 Å². The van der Waals surface area contributed by atoms with Gasteiger partial charge in [-0.25, -0.2) is 0 Å². The quantitative estimate of drug-likeness (QED) is 0.0383. The van der Waals surface area contributed by atoms with Crippen molar-refractivity contribution < 1.29 is 19.2 Å². The molecule has 0 spiro atoms. The molecule has 0 radical (unpaired) electrons. The number of carbonyl (C=O) groups is 4. The van der Waals surface area contributed by atoms with Crippen LogP contribution in [0.1, 0.15) is 432 Å². The standard InChI is InChI=1S/C83H167N7O4/c1-5-9-13-17-21-25-29-33-37-41-45-49-53-59-69-85-80(91)64-75-89(76-65-81(92)86-70-60-54-50-46-42-38-34-30-26-22-18-14-10-6-2)74-63-57-58-68-84-73-79-90(77-66-82(93)87-71-61-55-51-47-43-39-35-31-27-23-19-15-11-7-3)78-67-83(94)88-72-62-56-52-48-44-40-36-32-28-24-20-16-12-8-4/h84H,5-79H2,1-4H3,(H,85,91)(H,86,92)(H,87,93)(H,88,94). The number of nitrogens with one attached hydrogen (secondary N) is 5. The first-order valence-corrected chi connectivity index (χ1v) is 42.6. The molecular formula is C83H167N7O4. The third-order valence-electron chi connectivity index (χ3n) is 20.0. The van der Waals surface area contributed by atoms with Crippen LogP contribution in [0.4, 0.5) is 0 Å². The van der Waals surface area contributed by atoms with Crippen molar-refractivity contribution in [2.75, 3.05) is 78.5 Å². The summed E-state index contributed by atoms with van der Waals surface area (Å²) in [6, 6.07) is 0. The lowest BCUT2D eigenvalue weighted by molar-refractivity contribution is -0.123. The number of hydrogen-bond donors (Lipinski definition) is 5. The van der Waals surface area contributed by atoms with Crippen molar-refractivity contribution in [1.82, 2.24) is 36.4 Å². The smallest absolute Gasteiger partial charge is 0.221 e. The van der Waals surface area contributed by atoms with Crippen LogP contribution >= 0.6 is 0 Å². The molecule has 0 fully saturated rings. The Balaban J connectivity index is 4.95. The molecule has 0 unspecified atom stereocenters. The van der Waals surface area contributed by atoms with Crippen LogP contribution in [0.3, 0.4) is 0 Å². The molecule has 0 aromatic rings. The fourth-order valence-electron chi connectivity index (χ4n) is 13.4. The Hall–Kier alpha value is -2.24. The van der Waals surface area contributed by atoms with Gasteiger partial charge in [-0.3, -0.25) is 19.2 Å². The van der Waals surface area contributed by atoms with Crippen LogP contribution < -0.4 is 26.6 Å². The minimum Gasteiger partial charge on any atom is -0.356 e. The predicted molar refractivity (Wildman–Crippen MR) is 411 cm³/mol. The van der Waals surface area contributed by atoms with Gasteiger partial charge in [-0.05, 0) is 51.6 Å². The molecular weight excluding hydrogens is 1160 g/mol. The highest BCUT2D eigenvalue weighted by atomic mass is 16.2. The predicted octanol–water partition coefficient (Wildman–Crippen LogP) is 22.3. The van der Waals surface area contributed by atoms with Crippen LogP contribution in [-0.2, 0) is 19.2 Å². The first-order valence-electron chi connectivity index (χ1n) is 42.6. The molecule has 0 bridgehead atoms. The maximum Gasteiger partial charge on any atom is 0.221 e. The molecule has 5 N–H and O–H groups in total. The summed E-state index contributed by atoms with van der Waals surface area (Å²) in [5, 5.41) is 16.5. The molecule has 0 aliphatic carbocycles. The van der Waals surface area contributed by atoms with E-state index >= 15 is 0 Å². The lowest BCUT2D eigenvalue weighted by atomic mass is 10.0. The molecule has 0 saturated carbocycles. The van der Waals surface area contributed by atoms with Crippen molar-refractivity contribution in [2.45, 2.75) is 432 Å². The molecule has 0 aliphatic heterocycles. The lowest BCUT2D eigenvalue weighted by Gasteiger charge is -2.23. The molecule has 11 nitrogen and oxygen atoms in total. The SMILES string of the molecule is CCCCCCCCCCCCCCCCNC(=O)CCN(CCCCCNCCN(CCC(=O)NCCCCCCCCCCCCCCCC)CCC(=O)NCCCCCCCCCCCCCCCC)CCC(=O)NCCCCCCCCCCCCCCCC. The van der Waals surface area contributed by atoms with Gasteiger partial charge in [0, 0.05) is 91.1 Å². The summed E-state index contributed by atoms with van der Waals surface area (Å²) in [6.45, 7) is 18.3. The minimum atomic E-state index is 0.116. The summed E-state index contributed by atoms with van der Waals surface area (Å²) in [6.07, 6.45) is 79.5. The van der Waals surface area contributed by atoms with Crippen molar-refractivity contribution in [3.8, 4) is 0 Å². The highest BCUT2D eigenvalue weighted by molar-refractivity contribution is 5.77. The van der Waals surface area contributed by atoms with Gasteiger partial charge in [-0.2, -0.15) is 0 Å². The van der Waals surface area contributed by atoms with Crippen LogP contribution in [0.15, 0.2) is 0 Å². The Bertz CT molecular complexity index is 1330. The number of rotatable bonds is 81. The zero-order valence-corrected chi connectivity index (χ0v) is 64.1. The van der Waals surface area contributed by atoms with Crippen molar-refractivity contribution >= 4 is 23.6 Å². The summed E-state index contributed by atoms with van der Waals surface area (Å²) < 4.78 is 0.